The van der Waals surface area contributed by atoms with E-state index in [0.717, 1.165) is 24.3 Å². The van der Waals surface area contributed by atoms with Crippen LogP contribution in [0.15, 0.2) is 84.9 Å². The Morgan fingerprint density at radius 3 is 1.61 bits per heavy atom. The number of carboxylic acids is 1. The first-order valence-corrected chi connectivity index (χ1v) is 10.8. The fraction of sp³-hybridized carbons (Fsp3) is 0.0800. The average molecular weight is 521 g/mol. The molecule has 0 spiro atoms. The van der Waals surface area contributed by atoms with Crippen molar-refractivity contribution >= 4 is 35.4 Å². The van der Waals surface area contributed by atoms with Crippen molar-refractivity contribution in [3.05, 3.63) is 112 Å². The summed E-state index contributed by atoms with van der Waals surface area (Å²) in [5.41, 5.74) is 3.49. The number of hydrogen-bond acceptors (Lipinski definition) is 9. The van der Waals surface area contributed by atoms with E-state index in [2.05, 4.69) is 0 Å². The highest BCUT2D eigenvalue weighted by atomic mass is 16.6. The molecule has 3 N–H and O–H groups in total. The fourth-order valence-electron chi connectivity index (χ4n) is 3.01. The van der Waals surface area contributed by atoms with Crippen LogP contribution in [0.3, 0.4) is 0 Å². The molecule has 0 aromatic heterocycles. The Morgan fingerprint density at radius 1 is 0.684 bits per heavy atom. The molecule has 194 valence electrons. The van der Waals surface area contributed by atoms with E-state index in [9.17, 15) is 39.2 Å². The van der Waals surface area contributed by atoms with Crippen molar-refractivity contribution in [2.45, 2.75) is 12.2 Å². The predicted octanol–water partition coefficient (Wildman–Crippen LogP) is 1.89. The number of carboxylic acid groups (broad SMARTS) is 1. The van der Waals surface area contributed by atoms with E-state index in [-0.39, 0.29) is 22.4 Å². The van der Waals surface area contributed by atoms with Crippen LogP contribution in [0.25, 0.3) is 0 Å². The van der Waals surface area contributed by atoms with Crippen molar-refractivity contribution in [1.82, 2.24) is 10.9 Å². The lowest BCUT2D eigenvalue weighted by Crippen LogP contribution is -2.54. The molecule has 0 saturated heterocycles. The molecule has 3 rings (SSSR count). The van der Waals surface area contributed by atoms with Gasteiger partial charge < -0.3 is 14.6 Å². The molecular weight excluding hydrogens is 502 g/mol. The monoisotopic (exact) mass is 521 g/mol. The average Bonchev–Trinajstić information content (AvgIpc) is 2.93. The van der Waals surface area contributed by atoms with Gasteiger partial charge in [-0.3, -0.25) is 30.6 Å². The molecule has 0 aliphatic rings. The lowest BCUT2D eigenvalue weighted by Gasteiger charge is -2.23. The molecule has 0 aliphatic heterocycles. The van der Waals surface area contributed by atoms with Crippen molar-refractivity contribution in [1.29, 1.82) is 0 Å². The van der Waals surface area contributed by atoms with Gasteiger partial charge in [-0.1, -0.05) is 36.4 Å². The van der Waals surface area contributed by atoms with E-state index in [0.29, 0.717) is 0 Å². The number of hydrazine groups is 1. The van der Waals surface area contributed by atoms with E-state index in [4.69, 9.17) is 9.47 Å². The summed E-state index contributed by atoms with van der Waals surface area (Å²) in [4.78, 5) is 72.5. The first-order chi connectivity index (χ1) is 18.2. The summed E-state index contributed by atoms with van der Waals surface area (Å²) in [7, 11) is 0. The second-order valence-corrected chi connectivity index (χ2v) is 7.47. The lowest BCUT2D eigenvalue weighted by atomic mass is 10.1. The van der Waals surface area contributed by atoms with Gasteiger partial charge in [-0.2, -0.15) is 0 Å². The Hall–Kier alpha value is -5.59. The van der Waals surface area contributed by atoms with Gasteiger partial charge in [-0.15, -0.1) is 0 Å². The number of nitro benzene ring substituents is 1. The number of nitro groups is 1. The molecule has 0 unspecified atom stereocenters. The summed E-state index contributed by atoms with van der Waals surface area (Å²) in [5, 5.41) is 20.5. The van der Waals surface area contributed by atoms with Crippen LogP contribution in [0.5, 0.6) is 0 Å². The van der Waals surface area contributed by atoms with Gasteiger partial charge >= 0.3 is 17.9 Å². The minimum absolute atomic E-state index is 0.0289. The number of non-ortho nitro benzene ring substituents is 1. The molecule has 13 nitrogen and oxygen atoms in total. The molecule has 0 fully saturated rings. The molecular formula is C25H19N3O10. The first-order valence-electron chi connectivity index (χ1n) is 10.8. The minimum Gasteiger partial charge on any atom is -0.478 e. The van der Waals surface area contributed by atoms with Crippen LogP contribution in [0.1, 0.15) is 31.1 Å². The number of nitrogens with zero attached hydrogens (tertiary/aromatic N) is 1. The Bertz CT molecular complexity index is 1340. The van der Waals surface area contributed by atoms with Gasteiger partial charge in [-0.25, -0.2) is 14.4 Å². The summed E-state index contributed by atoms with van der Waals surface area (Å²) in [6.45, 7) is 0. The molecule has 0 saturated carbocycles. The molecule has 0 bridgehead atoms. The van der Waals surface area contributed by atoms with Gasteiger partial charge in [0.1, 0.15) is 0 Å². The molecule has 13 heteroatoms. The van der Waals surface area contributed by atoms with Crippen molar-refractivity contribution in [2.75, 3.05) is 0 Å². The molecule has 2 amide bonds. The quantitative estimate of drug-likeness (QED) is 0.213. The Labute approximate surface area is 214 Å². The summed E-state index contributed by atoms with van der Waals surface area (Å²) >= 11 is 0. The van der Waals surface area contributed by atoms with E-state index in [1.165, 1.54) is 48.5 Å². The molecule has 3 aromatic rings. The van der Waals surface area contributed by atoms with Gasteiger partial charge in [0, 0.05) is 17.7 Å². The van der Waals surface area contributed by atoms with Crippen LogP contribution >= 0.6 is 0 Å². The van der Waals surface area contributed by atoms with Crippen LogP contribution in [0, 0.1) is 10.1 Å². The van der Waals surface area contributed by atoms with Gasteiger partial charge in [0.25, 0.3) is 17.5 Å². The SMILES string of the molecule is O=C(NNC(=O)[C@@H](OC(=O)c1ccccc1)[C@H](OC(=O)c1ccccc1)C(=O)O)c1ccc([N+](=O)[O-])cc1. The third-order valence-electron chi connectivity index (χ3n) is 4.90. The number of nitrogens with one attached hydrogen (secondary N) is 2. The molecule has 0 heterocycles. The number of benzene rings is 3. The molecule has 0 radical (unpaired) electrons. The number of ether oxygens (including phenoxy) is 2. The van der Waals surface area contributed by atoms with E-state index >= 15 is 0 Å². The van der Waals surface area contributed by atoms with Crippen molar-refractivity contribution in [3.63, 3.8) is 0 Å². The number of aliphatic carboxylic acids is 1. The number of esters is 2. The van der Waals surface area contributed by atoms with Crippen molar-refractivity contribution in [3.8, 4) is 0 Å². The number of carbonyl (C=O) groups excluding carboxylic acids is 4. The van der Waals surface area contributed by atoms with E-state index in [1.54, 1.807) is 12.1 Å². The van der Waals surface area contributed by atoms with Gasteiger partial charge in [0.2, 0.25) is 12.2 Å². The highest BCUT2D eigenvalue weighted by Gasteiger charge is 2.41. The maximum atomic E-state index is 12.9. The van der Waals surface area contributed by atoms with Crippen LogP contribution in [-0.2, 0) is 19.1 Å². The lowest BCUT2D eigenvalue weighted by molar-refractivity contribution is -0.384. The van der Waals surface area contributed by atoms with E-state index < -0.39 is 46.9 Å². The largest absolute Gasteiger partial charge is 0.478 e. The predicted molar refractivity (Wildman–Crippen MR) is 128 cm³/mol. The highest BCUT2D eigenvalue weighted by Crippen LogP contribution is 2.14. The third kappa shape index (κ3) is 6.97. The zero-order valence-corrected chi connectivity index (χ0v) is 19.3. The topological polar surface area (TPSA) is 191 Å². The first kappa shape index (κ1) is 27.0. The maximum absolute atomic E-state index is 12.9. The summed E-state index contributed by atoms with van der Waals surface area (Å²) in [5.74, 6) is -6.28. The Balaban J connectivity index is 1.81. The zero-order chi connectivity index (χ0) is 27.7. The second kappa shape index (κ2) is 12.4. The van der Waals surface area contributed by atoms with Gasteiger partial charge in [0.15, 0.2) is 0 Å². The van der Waals surface area contributed by atoms with Gasteiger partial charge in [-0.05, 0) is 36.4 Å². The van der Waals surface area contributed by atoms with Crippen LogP contribution in [-0.4, -0.2) is 52.0 Å². The number of amides is 2. The van der Waals surface area contributed by atoms with Crippen LogP contribution < -0.4 is 10.9 Å². The minimum atomic E-state index is -2.30. The molecule has 38 heavy (non-hydrogen) atoms. The Morgan fingerprint density at radius 2 is 1.16 bits per heavy atom. The zero-order valence-electron chi connectivity index (χ0n) is 19.3. The highest BCUT2D eigenvalue weighted by molar-refractivity contribution is 5.99. The number of rotatable bonds is 9. The standard InChI is InChI=1S/C25H19N3O10/c29-21(15-11-13-18(14-12-15)28(35)36)26-27-22(30)19(37-24(33)16-7-3-1-4-8-16)20(23(31)32)38-25(34)17-9-5-2-6-10-17/h1-14,19-20H,(H,26,29)(H,27,30)(H,31,32)/t19-,20-/m0/s1. The van der Waals surface area contributed by atoms with Crippen LogP contribution in [0.2, 0.25) is 0 Å². The normalized spacial score (nSPS) is 11.8. The van der Waals surface area contributed by atoms with Crippen molar-refractivity contribution in [2.24, 2.45) is 0 Å². The number of carbonyl (C=O) groups is 5. The molecule has 3 aromatic carbocycles. The number of hydrogen-bond donors (Lipinski definition) is 3. The second-order valence-electron chi connectivity index (χ2n) is 7.47. The Kier molecular flexibility index (Phi) is 8.81. The summed E-state index contributed by atoms with van der Waals surface area (Å²) in [6, 6.07) is 19.0. The summed E-state index contributed by atoms with van der Waals surface area (Å²) < 4.78 is 10.1. The molecule has 0 aliphatic carbocycles. The fourth-order valence-corrected chi connectivity index (χ4v) is 3.01. The summed E-state index contributed by atoms with van der Waals surface area (Å²) in [6.07, 6.45) is -4.53. The van der Waals surface area contributed by atoms with E-state index in [1.807, 2.05) is 10.9 Å². The van der Waals surface area contributed by atoms with Crippen molar-refractivity contribution < 1.29 is 43.5 Å². The smallest absolute Gasteiger partial charge is 0.349 e. The third-order valence-corrected chi connectivity index (χ3v) is 4.90. The van der Waals surface area contributed by atoms with Crippen LogP contribution in [0.4, 0.5) is 5.69 Å². The van der Waals surface area contributed by atoms with Gasteiger partial charge in [0.05, 0.1) is 16.1 Å². The molecule has 2 atom stereocenters. The maximum Gasteiger partial charge on any atom is 0.349 e.